The Morgan fingerprint density at radius 3 is 2.33 bits per heavy atom. The van der Waals surface area contributed by atoms with Crippen molar-refractivity contribution in [3.63, 3.8) is 0 Å². The highest BCUT2D eigenvalue weighted by atomic mass is 32.2. The van der Waals surface area contributed by atoms with Gasteiger partial charge in [-0.15, -0.1) is 0 Å². The van der Waals surface area contributed by atoms with Crippen LogP contribution in [0, 0.1) is 0 Å². The minimum absolute atomic E-state index is 0.669. The van der Waals surface area contributed by atoms with Gasteiger partial charge in [0.05, 0.1) is 6.04 Å². The van der Waals surface area contributed by atoms with Crippen molar-refractivity contribution in [1.82, 2.24) is 0 Å². The van der Waals surface area contributed by atoms with Crippen LogP contribution in [-0.4, -0.2) is 25.6 Å². The van der Waals surface area contributed by atoms with Crippen LogP contribution in [0.1, 0.15) is 0 Å². The molecule has 68 valence electrons. The van der Waals surface area contributed by atoms with Gasteiger partial charge in [0.25, 0.3) is 0 Å². The molecule has 4 nitrogen and oxygen atoms in total. The van der Waals surface area contributed by atoms with Gasteiger partial charge >= 0.3 is 0 Å². The molecule has 0 saturated carbocycles. The highest BCUT2D eigenvalue weighted by Crippen LogP contribution is 2.19. The molecule has 0 aromatic rings. The molecule has 0 spiro atoms. The number of allylic oxidation sites excluding steroid dienone is 2. The van der Waals surface area contributed by atoms with Gasteiger partial charge in [-0.2, -0.15) is 0 Å². The molecule has 0 aromatic heterocycles. The Morgan fingerprint density at radius 1 is 1.42 bits per heavy atom. The molecule has 2 atom stereocenters. The first-order valence-corrected chi connectivity index (χ1v) is 5.37. The van der Waals surface area contributed by atoms with E-state index >= 15 is 0 Å². The summed E-state index contributed by atoms with van der Waals surface area (Å²) in [6.45, 7) is 0. The van der Waals surface area contributed by atoms with Crippen molar-refractivity contribution >= 4 is 9.84 Å². The van der Waals surface area contributed by atoms with Gasteiger partial charge in [0.1, 0.15) is 0 Å². The van der Waals surface area contributed by atoms with Crippen molar-refractivity contribution in [3.8, 4) is 0 Å². The molecule has 0 amide bonds. The van der Waals surface area contributed by atoms with Crippen LogP contribution in [0.3, 0.4) is 0 Å². The normalized spacial score (nSPS) is 35.4. The largest absolute Gasteiger partial charge is 0.322 e. The Bertz CT molecular complexity index is 331. The van der Waals surface area contributed by atoms with E-state index in [1.54, 1.807) is 18.2 Å². The molecule has 0 fully saturated rings. The van der Waals surface area contributed by atoms with Crippen LogP contribution in [0.25, 0.3) is 0 Å². The Kier molecular flexibility index (Phi) is 2.11. The summed E-state index contributed by atoms with van der Waals surface area (Å²) in [5, 5.41) is 0. The Morgan fingerprint density at radius 2 is 2.00 bits per heavy atom. The molecule has 12 heavy (non-hydrogen) atoms. The monoisotopic (exact) mass is 188 g/mol. The van der Waals surface area contributed by atoms with Gasteiger partial charge in [-0.25, -0.2) is 8.42 Å². The molecule has 1 aliphatic rings. The van der Waals surface area contributed by atoms with E-state index in [1.807, 2.05) is 0 Å². The van der Waals surface area contributed by atoms with E-state index in [4.69, 9.17) is 11.5 Å². The average Bonchev–Trinajstić information content (AvgIpc) is 1.93. The van der Waals surface area contributed by atoms with Crippen LogP contribution in [0.4, 0.5) is 0 Å². The first-order chi connectivity index (χ1) is 5.38. The predicted molar refractivity (Wildman–Crippen MR) is 48.0 cm³/mol. The second-order valence-electron chi connectivity index (χ2n) is 2.90. The second kappa shape index (κ2) is 2.69. The third-order valence-electron chi connectivity index (χ3n) is 1.95. The van der Waals surface area contributed by atoms with Crippen molar-refractivity contribution in [2.45, 2.75) is 10.9 Å². The molecule has 2 unspecified atom stereocenters. The molecule has 0 aromatic carbocycles. The summed E-state index contributed by atoms with van der Waals surface area (Å²) in [5.74, 6) is 0. The van der Waals surface area contributed by atoms with E-state index in [-0.39, 0.29) is 0 Å². The third kappa shape index (κ3) is 1.31. The molecule has 4 N–H and O–H groups in total. The maximum absolute atomic E-state index is 11.2. The quantitative estimate of drug-likeness (QED) is 0.560. The lowest BCUT2D eigenvalue weighted by Crippen LogP contribution is -2.58. The standard InChI is InChI=1S/C7H12N2O2S/c1-12(10,11)7(9)5-3-2-4-6(7)8/h2-6H,8-9H2,1H3. The summed E-state index contributed by atoms with van der Waals surface area (Å²) in [4.78, 5) is -1.44. The van der Waals surface area contributed by atoms with Gasteiger partial charge in [-0.1, -0.05) is 18.2 Å². The molecular formula is C7H12N2O2S. The maximum Gasteiger partial charge on any atom is 0.171 e. The molecular weight excluding hydrogens is 176 g/mol. The summed E-state index contributed by atoms with van der Waals surface area (Å²) in [5.41, 5.74) is 11.2. The lowest BCUT2D eigenvalue weighted by atomic mass is 10.0. The number of hydrogen-bond acceptors (Lipinski definition) is 4. The van der Waals surface area contributed by atoms with Gasteiger partial charge in [0.2, 0.25) is 0 Å². The number of nitrogens with two attached hydrogens (primary N) is 2. The molecule has 0 bridgehead atoms. The van der Waals surface area contributed by atoms with Crippen molar-refractivity contribution in [2.24, 2.45) is 11.5 Å². The molecule has 1 aliphatic carbocycles. The summed E-state index contributed by atoms with van der Waals surface area (Å²) in [6.07, 6.45) is 7.33. The van der Waals surface area contributed by atoms with E-state index in [1.165, 1.54) is 6.08 Å². The topological polar surface area (TPSA) is 86.2 Å². The van der Waals surface area contributed by atoms with Gasteiger partial charge in [-0.05, 0) is 6.08 Å². The van der Waals surface area contributed by atoms with E-state index in [9.17, 15) is 8.42 Å². The summed E-state index contributed by atoms with van der Waals surface area (Å²) in [6, 6.07) is -0.669. The van der Waals surface area contributed by atoms with Crippen LogP contribution in [0.15, 0.2) is 24.3 Å². The van der Waals surface area contributed by atoms with Crippen molar-refractivity contribution in [3.05, 3.63) is 24.3 Å². The van der Waals surface area contributed by atoms with Crippen molar-refractivity contribution < 1.29 is 8.42 Å². The molecule has 0 saturated heterocycles. The summed E-state index contributed by atoms with van der Waals surface area (Å²) in [7, 11) is -3.36. The smallest absolute Gasteiger partial charge is 0.171 e. The van der Waals surface area contributed by atoms with Crippen LogP contribution >= 0.6 is 0 Å². The lowest BCUT2D eigenvalue weighted by Gasteiger charge is -2.30. The van der Waals surface area contributed by atoms with Crippen LogP contribution in [0.5, 0.6) is 0 Å². The zero-order chi connectivity index (χ0) is 9.41. The third-order valence-corrected chi connectivity index (χ3v) is 3.64. The number of sulfone groups is 1. The molecule has 1 rings (SSSR count). The first kappa shape index (κ1) is 9.44. The lowest BCUT2D eigenvalue weighted by molar-refractivity contribution is 0.537. The minimum Gasteiger partial charge on any atom is -0.322 e. The predicted octanol–water partition coefficient (Wildman–Crippen LogP) is -0.861. The zero-order valence-corrected chi connectivity index (χ0v) is 7.58. The Hall–Kier alpha value is -0.650. The maximum atomic E-state index is 11.2. The van der Waals surface area contributed by atoms with Crippen molar-refractivity contribution in [1.29, 1.82) is 0 Å². The number of hydrogen-bond donors (Lipinski definition) is 2. The summed E-state index contributed by atoms with van der Waals surface area (Å²) < 4.78 is 22.5. The van der Waals surface area contributed by atoms with Gasteiger partial charge < -0.3 is 11.5 Å². The van der Waals surface area contributed by atoms with Crippen LogP contribution in [-0.2, 0) is 9.84 Å². The van der Waals surface area contributed by atoms with Crippen molar-refractivity contribution in [2.75, 3.05) is 6.26 Å². The van der Waals surface area contributed by atoms with Gasteiger partial charge in [-0.3, -0.25) is 0 Å². The fourth-order valence-corrected chi connectivity index (χ4v) is 1.92. The molecule has 5 heteroatoms. The Labute approximate surface area is 71.8 Å². The zero-order valence-electron chi connectivity index (χ0n) is 6.77. The van der Waals surface area contributed by atoms with Crippen LogP contribution in [0.2, 0.25) is 0 Å². The molecule has 0 heterocycles. The highest BCUT2D eigenvalue weighted by Gasteiger charge is 2.39. The van der Waals surface area contributed by atoms with E-state index < -0.39 is 20.8 Å². The minimum atomic E-state index is -3.36. The van der Waals surface area contributed by atoms with Gasteiger partial charge in [0, 0.05) is 6.26 Å². The van der Waals surface area contributed by atoms with E-state index in [0.29, 0.717) is 0 Å². The van der Waals surface area contributed by atoms with E-state index in [0.717, 1.165) is 6.26 Å². The Balaban J connectivity index is 3.16. The SMILES string of the molecule is CS(=O)(=O)C1(N)C=CC=CC1N. The fraction of sp³-hybridized carbons (Fsp3) is 0.429. The van der Waals surface area contributed by atoms with Gasteiger partial charge in [0.15, 0.2) is 14.7 Å². The van der Waals surface area contributed by atoms with Crippen LogP contribution < -0.4 is 11.5 Å². The van der Waals surface area contributed by atoms with E-state index in [2.05, 4.69) is 0 Å². The highest BCUT2D eigenvalue weighted by molar-refractivity contribution is 7.92. The molecule has 0 radical (unpaired) electrons. The summed E-state index contributed by atoms with van der Waals surface area (Å²) >= 11 is 0. The molecule has 0 aliphatic heterocycles. The average molecular weight is 188 g/mol. The second-order valence-corrected chi connectivity index (χ2v) is 5.15. The first-order valence-electron chi connectivity index (χ1n) is 3.48. The fourth-order valence-electron chi connectivity index (χ4n) is 1.02. The number of rotatable bonds is 1.